The first-order chi connectivity index (χ1) is 13.2. The summed E-state index contributed by atoms with van der Waals surface area (Å²) in [4.78, 5) is 4.71. The number of benzene rings is 3. The Bertz CT molecular complexity index is 906. The summed E-state index contributed by atoms with van der Waals surface area (Å²) < 4.78 is -2.77. The molecule has 1 nitrogen and oxygen atoms in total. The molecule has 0 unspecified atom stereocenters. The fraction of sp³-hybridized carbons (Fsp3) is 0.0417. The number of hydrogen-bond acceptors (Lipinski definition) is 1. The quantitative estimate of drug-likeness (QED) is 0.273. The molecule has 0 spiro atoms. The Labute approximate surface area is 173 Å². The van der Waals surface area contributed by atoms with Gasteiger partial charge in [0.25, 0.3) is 0 Å². The van der Waals surface area contributed by atoms with Gasteiger partial charge in [-0.2, -0.15) is 0 Å². The summed E-state index contributed by atoms with van der Waals surface area (Å²) in [6, 6.07) is 39.1. The van der Waals surface area contributed by atoms with Gasteiger partial charge in [0.2, 0.25) is 0 Å². The Kier molecular flexibility index (Phi) is 5.12. The molecule has 4 aromatic rings. The van der Waals surface area contributed by atoms with Gasteiger partial charge >= 0.3 is 174 Å². The van der Waals surface area contributed by atoms with Crippen molar-refractivity contribution in [1.82, 2.24) is 4.98 Å². The molecule has 3 aromatic carbocycles. The van der Waals surface area contributed by atoms with Crippen molar-refractivity contribution < 1.29 is 0 Å². The van der Waals surface area contributed by atoms with Gasteiger partial charge in [-0.15, -0.1) is 0 Å². The maximum absolute atomic E-state index is 4.71. The number of nitrogens with zero attached hydrogens (tertiary/aromatic N) is 1. The number of pyridine rings is 1. The number of rotatable bonds is 5. The summed E-state index contributed by atoms with van der Waals surface area (Å²) in [5.41, 5.74) is 1.13. The molecule has 0 atom stereocenters. The summed E-state index contributed by atoms with van der Waals surface area (Å²) in [6.45, 7) is 0. The average molecular weight is 481 g/mol. The molecule has 0 radical (unpaired) electrons. The summed E-state index contributed by atoms with van der Waals surface area (Å²) in [5.74, 6) is 0. The van der Waals surface area contributed by atoms with E-state index in [4.69, 9.17) is 4.98 Å². The SMILES string of the molecule is IP(Cc1ccccn1)(c1ccccc1)(c1ccccc1)c1ccccc1. The Morgan fingerprint density at radius 3 is 1.33 bits per heavy atom. The van der Waals surface area contributed by atoms with Gasteiger partial charge < -0.3 is 0 Å². The van der Waals surface area contributed by atoms with Gasteiger partial charge in [0.1, 0.15) is 0 Å². The summed E-state index contributed by atoms with van der Waals surface area (Å²) in [5, 5.41) is 4.14. The topological polar surface area (TPSA) is 12.9 Å². The Hall–Kier alpha value is -2.03. The molecule has 3 heteroatoms. The molecule has 0 saturated carbocycles. The first-order valence-electron chi connectivity index (χ1n) is 9.01. The van der Waals surface area contributed by atoms with Gasteiger partial charge in [-0.1, -0.05) is 0 Å². The predicted octanol–water partition coefficient (Wildman–Crippen LogP) is 5.46. The van der Waals surface area contributed by atoms with E-state index < -0.39 is 4.25 Å². The maximum atomic E-state index is 4.71. The van der Waals surface area contributed by atoms with Crippen LogP contribution in [0.15, 0.2) is 115 Å². The molecule has 0 amide bonds. The fourth-order valence-corrected chi connectivity index (χ4v) is 12.3. The first kappa shape index (κ1) is 18.3. The van der Waals surface area contributed by atoms with Crippen molar-refractivity contribution in [1.29, 1.82) is 0 Å². The molecule has 0 N–H and O–H groups in total. The molecule has 0 saturated heterocycles. The zero-order valence-corrected chi connectivity index (χ0v) is 18.0. The van der Waals surface area contributed by atoms with Crippen molar-refractivity contribution in [3.63, 3.8) is 0 Å². The van der Waals surface area contributed by atoms with Gasteiger partial charge in [-0.3, -0.25) is 0 Å². The molecule has 0 aliphatic heterocycles. The van der Waals surface area contributed by atoms with Crippen LogP contribution in [-0.4, -0.2) is 4.98 Å². The normalized spacial score (nSPS) is 12.9. The molecule has 134 valence electrons. The number of hydrogen-bond donors (Lipinski definition) is 0. The van der Waals surface area contributed by atoms with Crippen molar-refractivity contribution in [3.8, 4) is 0 Å². The minimum absolute atomic E-state index is 0.894. The van der Waals surface area contributed by atoms with Crippen LogP contribution in [0.3, 0.4) is 0 Å². The van der Waals surface area contributed by atoms with Crippen LogP contribution in [0.5, 0.6) is 0 Å². The van der Waals surface area contributed by atoms with Crippen molar-refractivity contribution in [2.24, 2.45) is 0 Å². The molecule has 4 rings (SSSR count). The molecule has 0 aliphatic rings. The van der Waals surface area contributed by atoms with E-state index in [1.807, 2.05) is 12.3 Å². The van der Waals surface area contributed by atoms with Crippen molar-refractivity contribution in [2.75, 3.05) is 0 Å². The van der Waals surface area contributed by atoms with Crippen LogP contribution in [0.1, 0.15) is 5.69 Å². The van der Waals surface area contributed by atoms with Crippen molar-refractivity contribution in [3.05, 3.63) is 121 Å². The molecule has 1 aromatic heterocycles. The van der Waals surface area contributed by atoms with Gasteiger partial charge in [-0.05, 0) is 0 Å². The van der Waals surface area contributed by atoms with Gasteiger partial charge in [0.05, 0.1) is 0 Å². The summed E-state index contributed by atoms with van der Waals surface area (Å²) in [6.07, 6.45) is 2.79. The number of halogens is 1. The Morgan fingerprint density at radius 2 is 0.963 bits per heavy atom. The second-order valence-corrected chi connectivity index (χ2v) is 17.3. The molecule has 1 heterocycles. The molecular formula is C24H21INP. The second-order valence-electron chi connectivity index (χ2n) is 6.67. The minimum atomic E-state index is -2.77. The zero-order valence-electron chi connectivity index (χ0n) is 14.9. The monoisotopic (exact) mass is 481 g/mol. The summed E-state index contributed by atoms with van der Waals surface area (Å²) in [7, 11) is 0. The van der Waals surface area contributed by atoms with Crippen LogP contribution in [0, 0.1) is 0 Å². The molecule has 0 bridgehead atoms. The van der Waals surface area contributed by atoms with Crippen LogP contribution in [-0.2, 0) is 6.16 Å². The van der Waals surface area contributed by atoms with Gasteiger partial charge in [-0.25, -0.2) is 0 Å². The van der Waals surface area contributed by atoms with E-state index in [2.05, 4.69) is 125 Å². The van der Waals surface area contributed by atoms with Gasteiger partial charge in [0.15, 0.2) is 0 Å². The van der Waals surface area contributed by atoms with Gasteiger partial charge in [0, 0.05) is 0 Å². The third-order valence-electron chi connectivity index (χ3n) is 5.07. The molecular weight excluding hydrogens is 460 g/mol. The van der Waals surface area contributed by atoms with Crippen LogP contribution in [0.25, 0.3) is 0 Å². The second kappa shape index (κ2) is 7.53. The van der Waals surface area contributed by atoms with E-state index in [1.54, 1.807) is 0 Å². The van der Waals surface area contributed by atoms with E-state index in [0.717, 1.165) is 11.9 Å². The summed E-state index contributed by atoms with van der Waals surface area (Å²) >= 11 is 2.80. The van der Waals surface area contributed by atoms with Crippen LogP contribution >= 0.6 is 26.3 Å². The first-order valence-corrected chi connectivity index (χ1v) is 14.2. The predicted molar refractivity (Wildman–Crippen MR) is 127 cm³/mol. The Balaban J connectivity index is 2.09. The van der Waals surface area contributed by atoms with Crippen LogP contribution < -0.4 is 15.9 Å². The van der Waals surface area contributed by atoms with Crippen molar-refractivity contribution in [2.45, 2.75) is 6.16 Å². The average Bonchev–Trinajstić information content (AvgIpc) is 2.76. The number of aromatic nitrogens is 1. The zero-order chi connectivity index (χ0) is 18.6. The Morgan fingerprint density at radius 1 is 0.556 bits per heavy atom. The van der Waals surface area contributed by atoms with E-state index in [-0.39, 0.29) is 0 Å². The van der Waals surface area contributed by atoms with E-state index in [1.165, 1.54) is 15.9 Å². The van der Waals surface area contributed by atoms with Crippen LogP contribution in [0.2, 0.25) is 0 Å². The van der Waals surface area contributed by atoms with E-state index in [9.17, 15) is 0 Å². The molecule has 0 fully saturated rings. The fourth-order valence-electron chi connectivity index (χ4n) is 3.73. The molecule has 0 aliphatic carbocycles. The van der Waals surface area contributed by atoms with E-state index in [0.29, 0.717) is 0 Å². The third kappa shape index (κ3) is 3.22. The standard InChI is InChI=1S/C24H21INP/c25-27(22-13-4-1-5-14-22,23-15-6-2-7-16-23,24-17-8-3-9-18-24)20-21-12-10-11-19-26-21/h1-19H,20H2. The van der Waals surface area contributed by atoms with E-state index >= 15 is 0 Å². The van der Waals surface area contributed by atoms with Crippen LogP contribution in [0.4, 0.5) is 0 Å². The van der Waals surface area contributed by atoms with Crippen molar-refractivity contribution >= 4 is 42.2 Å². The molecule has 27 heavy (non-hydrogen) atoms. The third-order valence-corrected chi connectivity index (χ3v) is 16.1.